The number of alkyl carbamates (subject to hydrolysis) is 1. The van der Waals surface area contributed by atoms with Crippen molar-refractivity contribution in [1.82, 2.24) is 20.9 Å². The number of carbonyl (C=O) groups is 5. The Morgan fingerprint density at radius 2 is 1.67 bits per heavy atom. The third-order valence-corrected chi connectivity index (χ3v) is 8.62. The van der Waals surface area contributed by atoms with Crippen molar-refractivity contribution in [2.24, 2.45) is 0 Å². The van der Waals surface area contributed by atoms with Gasteiger partial charge in [-0.2, -0.15) is 0 Å². The molecule has 4 N–H and O–H groups in total. The van der Waals surface area contributed by atoms with E-state index in [0.29, 0.717) is 29.7 Å². The van der Waals surface area contributed by atoms with Gasteiger partial charge in [-0.15, -0.1) is 11.8 Å². The molecule has 0 radical (unpaired) electrons. The number of thioether (sulfide) groups is 1. The van der Waals surface area contributed by atoms with Crippen LogP contribution in [0.2, 0.25) is 0 Å². The van der Waals surface area contributed by atoms with Crippen LogP contribution in [-0.2, 0) is 23.9 Å². The fraction of sp³-hybridized carbons (Fsp3) is 0.581. The molecule has 11 nitrogen and oxygen atoms in total. The number of carbonyl (C=O) groups excluding carboxylic acids is 4. The second-order valence-electron chi connectivity index (χ2n) is 11.9. The van der Waals surface area contributed by atoms with Gasteiger partial charge in [-0.3, -0.25) is 19.3 Å². The van der Waals surface area contributed by atoms with Crippen LogP contribution in [0.4, 0.5) is 4.79 Å². The number of unbranched alkanes of at least 4 members (excludes halogenated alkanes) is 5. The van der Waals surface area contributed by atoms with E-state index >= 15 is 0 Å². The zero-order valence-electron chi connectivity index (χ0n) is 25.6. The number of carboxylic acid groups (broad SMARTS) is 1. The maximum Gasteiger partial charge on any atom is 0.408 e. The van der Waals surface area contributed by atoms with Crippen LogP contribution in [-0.4, -0.2) is 68.6 Å². The Labute approximate surface area is 257 Å². The van der Waals surface area contributed by atoms with Crippen LogP contribution in [0.1, 0.15) is 91.2 Å². The van der Waals surface area contributed by atoms with Gasteiger partial charge < -0.3 is 25.8 Å². The molecular formula is C31H44N4O7S. The highest BCUT2D eigenvalue weighted by Gasteiger charge is 2.54. The van der Waals surface area contributed by atoms with Gasteiger partial charge >= 0.3 is 12.1 Å². The Morgan fingerprint density at radius 1 is 1.02 bits per heavy atom. The minimum atomic E-state index is -1.19. The third kappa shape index (κ3) is 9.22. The summed E-state index contributed by atoms with van der Waals surface area (Å²) in [7, 11) is 0. The van der Waals surface area contributed by atoms with Crippen LogP contribution in [0, 0.1) is 0 Å². The summed E-state index contributed by atoms with van der Waals surface area (Å²) >= 11 is 1.37. The van der Waals surface area contributed by atoms with E-state index in [1.54, 1.807) is 58.0 Å². The van der Waals surface area contributed by atoms with Crippen LogP contribution in [0.3, 0.4) is 0 Å². The number of hydrogen-bond donors (Lipinski definition) is 4. The number of amides is 4. The second kappa shape index (κ2) is 15.3. The fourth-order valence-corrected chi connectivity index (χ4v) is 6.34. The quantitative estimate of drug-likeness (QED) is 0.179. The lowest BCUT2D eigenvalue weighted by Crippen LogP contribution is -2.71. The van der Waals surface area contributed by atoms with Gasteiger partial charge in [-0.25, -0.2) is 9.59 Å². The normalized spacial score (nSPS) is 19.5. The molecule has 4 amide bonds. The molecule has 2 aliphatic heterocycles. The zero-order chi connectivity index (χ0) is 31.7. The maximum absolute atomic E-state index is 13.6. The SMILES string of the molecule is CCCCCCCCC(NC(=O)OC(C)(C)C)C(=O)N[C@@H](C(=O)N[C@@H]1C(=O)N2C(C(=O)O)=C(C)CS[C@H]12)c1ccccc1. The molecule has 3 rings (SSSR count). The number of aliphatic carboxylic acids is 1. The molecule has 1 aromatic carbocycles. The number of benzene rings is 1. The first-order valence-corrected chi connectivity index (χ1v) is 15.9. The van der Waals surface area contributed by atoms with Crippen LogP contribution in [0.15, 0.2) is 41.6 Å². The molecule has 2 aliphatic rings. The molecule has 12 heteroatoms. The molecule has 0 saturated carbocycles. The van der Waals surface area contributed by atoms with E-state index in [1.165, 1.54) is 16.7 Å². The molecule has 1 saturated heterocycles. The Morgan fingerprint density at radius 3 is 2.30 bits per heavy atom. The predicted molar refractivity (Wildman–Crippen MR) is 164 cm³/mol. The molecule has 1 fully saturated rings. The summed E-state index contributed by atoms with van der Waals surface area (Å²) in [5, 5.41) is 17.2. The number of fused-ring (bicyclic) bond motifs is 1. The van der Waals surface area contributed by atoms with Crippen LogP contribution in [0.5, 0.6) is 0 Å². The van der Waals surface area contributed by atoms with Gasteiger partial charge in [-0.1, -0.05) is 75.8 Å². The first kappa shape index (κ1) is 34.0. The van der Waals surface area contributed by atoms with Crippen molar-refractivity contribution in [3.8, 4) is 0 Å². The van der Waals surface area contributed by atoms with E-state index in [-0.39, 0.29) is 5.70 Å². The van der Waals surface area contributed by atoms with E-state index in [1.807, 2.05) is 0 Å². The van der Waals surface area contributed by atoms with Gasteiger partial charge in [-0.05, 0) is 45.3 Å². The molecular weight excluding hydrogens is 572 g/mol. The summed E-state index contributed by atoms with van der Waals surface area (Å²) < 4.78 is 5.39. The summed E-state index contributed by atoms with van der Waals surface area (Å²) in [6.45, 7) is 9.00. The lowest BCUT2D eigenvalue weighted by molar-refractivity contribution is -0.151. The molecule has 2 heterocycles. The van der Waals surface area contributed by atoms with Gasteiger partial charge in [0.25, 0.3) is 5.91 Å². The summed E-state index contributed by atoms with van der Waals surface area (Å²) in [5.41, 5.74) is 0.255. The maximum atomic E-state index is 13.6. The summed E-state index contributed by atoms with van der Waals surface area (Å²) in [6, 6.07) is 5.57. The predicted octanol–water partition coefficient (Wildman–Crippen LogP) is 4.25. The minimum absolute atomic E-state index is 0.0575. The van der Waals surface area contributed by atoms with Crippen molar-refractivity contribution in [2.45, 2.75) is 109 Å². The second-order valence-corrected chi connectivity index (χ2v) is 13.0. The number of β-lactam (4-membered cyclic amide) rings is 1. The highest BCUT2D eigenvalue weighted by Crippen LogP contribution is 2.40. The van der Waals surface area contributed by atoms with Gasteiger partial charge in [0.2, 0.25) is 11.8 Å². The van der Waals surface area contributed by atoms with Gasteiger partial charge in [0.05, 0.1) is 0 Å². The van der Waals surface area contributed by atoms with Gasteiger partial charge in [0.15, 0.2) is 0 Å². The minimum Gasteiger partial charge on any atom is -0.477 e. The highest BCUT2D eigenvalue weighted by atomic mass is 32.2. The van der Waals surface area contributed by atoms with Crippen molar-refractivity contribution >= 4 is 41.5 Å². The summed E-state index contributed by atoms with van der Waals surface area (Å²) in [6.07, 6.45) is 5.61. The monoisotopic (exact) mass is 616 g/mol. The van der Waals surface area contributed by atoms with Gasteiger partial charge in [0.1, 0.15) is 34.8 Å². The average molecular weight is 617 g/mol. The largest absolute Gasteiger partial charge is 0.477 e. The molecule has 236 valence electrons. The molecule has 4 atom stereocenters. The van der Waals surface area contributed by atoms with Gasteiger partial charge in [0, 0.05) is 5.75 Å². The Bertz CT molecular complexity index is 1210. The van der Waals surface area contributed by atoms with E-state index in [0.717, 1.165) is 32.1 Å². The number of nitrogens with zero attached hydrogens (tertiary/aromatic N) is 1. The third-order valence-electron chi connectivity index (χ3n) is 7.19. The zero-order valence-corrected chi connectivity index (χ0v) is 26.4. The molecule has 0 aromatic heterocycles. The Balaban J connectivity index is 1.75. The molecule has 43 heavy (non-hydrogen) atoms. The van der Waals surface area contributed by atoms with E-state index in [9.17, 15) is 29.1 Å². The summed E-state index contributed by atoms with van der Waals surface area (Å²) in [4.78, 5) is 65.8. The highest BCUT2D eigenvalue weighted by molar-refractivity contribution is 8.00. The number of ether oxygens (including phenoxy) is 1. The van der Waals surface area contributed by atoms with Crippen molar-refractivity contribution in [1.29, 1.82) is 0 Å². The lowest BCUT2D eigenvalue weighted by atomic mass is 10.0. The topological polar surface area (TPSA) is 154 Å². The number of hydrogen-bond acceptors (Lipinski definition) is 7. The van der Waals surface area contributed by atoms with Crippen molar-refractivity contribution < 1.29 is 33.8 Å². The Kier molecular flexibility index (Phi) is 12.1. The molecule has 1 unspecified atom stereocenters. The van der Waals surface area contributed by atoms with E-state index in [2.05, 4.69) is 22.9 Å². The van der Waals surface area contributed by atoms with Crippen LogP contribution < -0.4 is 16.0 Å². The molecule has 1 aromatic rings. The van der Waals surface area contributed by atoms with Crippen LogP contribution >= 0.6 is 11.8 Å². The van der Waals surface area contributed by atoms with Crippen molar-refractivity contribution in [2.75, 3.05) is 5.75 Å². The molecule has 0 spiro atoms. The van der Waals surface area contributed by atoms with E-state index in [4.69, 9.17) is 4.74 Å². The van der Waals surface area contributed by atoms with Crippen molar-refractivity contribution in [3.05, 3.63) is 47.2 Å². The Hall–Kier alpha value is -3.54. The smallest absolute Gasteiger partial charge is 0.408 e. The number of rotatable bonds is 14. The molecule has 0 aliphatic carbocycles. The average Bonchev–Trinajstić information content (AvgIpc) is 2.94. The van der Waals surface area contributed by atoms with E-state index < -0.39 is 58.9 Å². The first-order chi connectivity index (χ1) is 20.3. The molecule has 0 bridgehead atoms. The standard InChI is InChI=1S/C31H44N4O7S/c1-6-7-8-9-10-14-17-21(32-30(41)42-31(3,4)5)25(36)33-22(20-15-12-11-13-16-20)26(37)34-23-27(38)35-24(29(39)40)19(2)18-43-28(23)35/h11-13,15-16,21-23,28H,6-10,14,17-18H2,1-5H3,(H,32,41)(H,33,36)(H,34,37)(H,39,40)/t21?,22-,23-,28-/m1/s1. The van der Waals surface area contributed by atoms with Crippen molar-refractivity contribution in [3.63, 3.8) is 0 Å². The fourth-order valence-electron chi connectivity index (χ4n) is 5.05. The number of nitrogens with one attached hydrogen (secondary N) is 3. The summed E-state index contributed by atoms with van der Waals surface area (Å²) in [5.74, 6) is -2.46. The first-order valence-electron chi connectivity index (χ1n) is 14.9. The number of carboxylic acids is 1. The van der Waals surface area contributed by atoms with Crippen LogP contribution in [0.25, 0.3) is 0 Å². The lowest BCUT2D eigenvalue weighted by Gasteiger charge is -2.49.